The Labute approximate surface area is 85.6 Å². The van der Waals surface area contributed by atoms with Gasteiger partial charge >= 0.3 is 0 Å². The number of rotatable bonds is 3. The molecule has 3 aliphatic rings. The lowest BCUT2D eigenvalue weighted by Crippen LogP contribution is -2.48. The van der Waals surface area contributed by atoms with Crippen LogP contribution in [-0.2, 0) is 0 Å². The first-order valence-electron chi connectivity index (χ1n) is 5.53. The van der Waals surface area contributed by atoms with E-state index in [-0.39, 0.29) is 6.61 Å². The molecule has 0 aromatic heterocycles. The van der Waals surface area contributed by atoms with Crippen molar-refractivity contribution in [3.05, 3.63) is 11.6 Å². The van der Waals surface area contributed by atoms with E-state index in [0.717, 1.165) is 12.3 Å². The van der Waals surface area contributed by atoms with Gasteiger partial charge in [0.05, 0.1) is 12.7 Å². The van der Waals surface area contributed by atoms with E-state index >= 15 is 0 Å². The Morgan fingerprint density at radius 2 is 2.29 bits per heavy atom. The van der Waals surface area contributed by atoms with Gasteiger partial charge in [-0.15, -0.1) is 0 Å². The van der Waals surface area contributed by atoms with Crippen molar-refractivity contribution in [2.24, 2.45) is 17.3 Å². The van der Waals surface area contributed by atoms with Crippen LogP contribution >= 0.6 is 0 Å². The Bertz CT molecular complexity index is 255. The molecule has 0 spiro atoms. The molecule has 1 fully saturated rings. The van der Waals surface area contributed by atoms with Crippen molar-refractivity contribution in [3.8, 4) is 0 Å². The SMILES string of the molecule is CC1(C)C2CC=C(CC(O)CO)C1C2. The highest BCUT2D eigenvalue weighted by Crippen LogP contribution is 2.59. The molecule has 3 unspecified atom stereocenters. The predicted octanol–water partition coefficient (Wildman–Crippen LogP) is 1.72. The molecule has 0 aliphatic heterocycles. The molecule has 2 bridgehead atoms. The molecule has 2 heteroatoms. The number of hydrogen-bond donors (Lipinski definition) is 2. The quantitative estimate of drug-likeness (QED) is 0.675. The van der Waals surface area contributed by atoms with E-state index in [0.29, 0.717) is 17.8 Å². The summed E-state index contributed by atoms with van der Waals surface area (Å²) in [4.78, 5) is 0. The second-order valence-corrected chi connectivity index (χ2v) is 5.36. The summed E-state index contributed by atoms with van der Waals surface area (Å²) < 4.78 is 0. The number of aliphatic hydroxyl groups excluding tert-OH is 2. The smallest absolute Gasteiger partial charge is 0.0808 e. The first kappa shape index (κ1) is 10.2. The summed E-state index contributed by atoms with van der Waals surface area (Å²) in [6, 6.07) is 0. The second-order valence-electron chi connectivity index (χ2n) is 5.36. The third-order valence-electron chi connectivity index (χ3n) is 4.26. The molecule has 3 aliphatic carbocycles. The minimum absolute atomic E-state index is 0.117. The number of aliphatic hydroxyl groups is 2. The van der Waals surface area contributed by atoms with Gasteiger partial charge in [-0.3, -0.25) is 0 Å². The van der Waals surface area contributed by atoms with E-state index in [1.807, 2.05) is 0 Å². The molecular weight excluding hydrogens is 176 g/mol. The predicted molar refractivity (Wildman–Crippen MR) is 55.8 cm³/mol. The van der Waals surface area contributed by atoms with E-state index in [4.69, 9.17) is 5.11 Å². The summed E-state index contributed by atoms with van der Waals surface area (Å²) in [5.41, 5.74) is 1.80. The van der Waals surface area contributed by atoms with Crippen LogP contribution in [0.25, 0.3) is 0 Å². The number of allylic oxidation sites excluding steroid dienone is 1. The van der Waals surface area contributed by atoms with Crippen LogP contribution in [0.15, 0.2) is 11.6 Å². The highest BCUT2D eigenvalue weighted by atomic mass is 16.3. The molecule has 0 aromatic rings. The Balaban J connectivity index is 2.04. The highest BCUT2D eigenvalue weighted by Gasteiger charge is 2.50. The van der Waals surface area contributed by atoms with Crippen molar-refractivity contribution >= 4 is 0 Å². The molecule has 14 heavy (non-hydrogen) atoms. The van der Waals surface area contributed by atoms with Gasteiger partial charge in [0, 0.05) is 0 Å². The summed E-state index contributed by atoms with van der Waals surface area (Å²) >= 11 is 0. The van der Waals surface area contributed by atoms with Crippen molar-refractivity contribution < 1.29 is 10.2 Å². The fourth-order valence-electron chi connectivity index (χ4n) is 3.04. The van der Waals surface area contributed by atoms with Gasteiger partial charge in [-0.05, 0) is 36.5 Å². The average Bonchev–Trinajstić information content (AvgIpc) is 2.17. The molecule has 2 N–H and O–H groups in total. The van der Waals surface area contributed by atoms with Gasteiger partial charge in [0.1, 0.15) is 0 Å². The maximum absolute atomic E-state index is 9.42. The van der Waals surface area contributed by atoms with E-state index in [2.05, 4.69) is 19.9 Å². The highest BCUT2D eigenvalue weighted by molar-refractivity contribution is 5.23. The van der Waals surface area contributed by atoms with E-state index in [1.165, 1.54) is 12.0 Å². The monoisotopic (exact) mass is 196 g/mol. The first-order chi connectivity index (χ1) is 6.55. The normalized spacial score (nSPS) is 35.9. The molecule has 0 heterocycles. The fourth-order valence-corrected chi connectivity index (χ4v) is 3.04. The molecule has 0 aromatic carbocycles. The van der Waals surface area contributed by atoms with Crippen LogP contribution in [0.2, 0.25) is 0 Å². The first-order valence-corrected chi connectivity index (χ1v) is 5.53. The second kappa shape index (κ2) is 3.35. The lowest BCUT2D eigenvalue weighted by molar-refractivity contribution is -0.0144. The Hall–Kier alpha value is -0.340. The minimum atomic E-state index is -0.561. The minimum Gasteiger partial charge on any atom is -0.394 e. The maximum atomic E-state index is 9.42. The molecule has 0 saturated heterocycles. The van der Waals surface area contributed by atoms with Crippen molar-refractivity contribution in [3.63, 3.8) is 0 Å². The standard InChI is InChI=1S/C12H20O2/c1-12(2)9-4-3-8(11(12)6-9)5-10(14)7-13/h3,9-11,13-14H,4-7H2,1-2H3. The van der Waals surface area contributed by atoms with Crippen molar-refractivity contribution in [1.29, 1.82) is 0 Å². The van der Waals surface area contributed by atoms with Gasteiger partial charge in [-0.25, -0.2) is 0 Å². The Kier molecular flexibility index (Phi) is 2.44. The van der Waals surface area contributed by atoms with E-state index in [1.54, 1.807) is 0 Å². The zero-order valence-electron chi connectivity index (χ0n) is 9.03. The lowest BCUT2D eigenvalue weighted by atomic mass is 9.48. The summed E-state index contributed by atoms with van der Waals surface area (Å²) in [5, 5.41) is 18.2. The Morgan fingerprint density at radius 3 is 2.79 bits per heavy atom. The average molecular weight is 196 g/mol. The van der Waals surface area contributed by atoms with Crippen LogP contribution in [0.1, 0.15) is 33.1 Å². The fraction of sp³-hybridized carbons (Fsp3) is 0.833. The summed E-state index contributed by atoms with van der Waals surface area (Å²) in [7, 11) is 0. The van der Waals surface area contributed by atoms with Crippen LogP contribution in [-0.4, -0.2) is 22.9 Å². The number of fused-ring (bicyclic) bond motifs is 1. The van der Waals surface area contributed by atoms with Gasteiger partial charge in [0.15, 0.2) is 0 Å². The molecule has 0 radical (unpaired) electrons. The van der Waals surface area contributed by atoms with Gasteiger partial charge in [-0.2, -0.15) is 0 Å². The molecule has 3 atom stereocenters. The van der Waals surface area contributed by atoms with Crippen LogP contribution < -0.4 is 0 Å². The molecular formula is C12H20O2. The van der Waals surface area contributed by atoms with Gasteiger partial charge in [-0.1, -0.05) is 25.5 Å². The van der Waals surface area contributed by atoms with Crippen LogP contribution in [0.5, 0.6) is 0 Å². The zero-order chi connectivity index (χ0) is 10.3. The van der Waals surface area contributed by atoms with Crippen molar-refractivity contribution in [2.45, 2.75) is 39.2 Å². The molecule has 0 amide bonds. The molecule has 3 rings (SSSR count). The third kappa shape index (κ3) is 1.41. The maximum Gasteiger partial charge on any atom is 0.0808 e. The summed E-state index contributed by atoms with van der Waals surface area (Å²) in [6.45, 7) is 4.53. The number of hydrogen-bond acceptors (Lipinski definition) is 2. The summed E-state index contributed by atoms with van der Waals surface area (Å²) in [5.74, 6) is 1.50. The van der Waals surface area contributed by atoms with Gasteiger partial charge in [0.2, 0.25) is 0 Å². The molecule has 2 nitrogen and oxygen atoms in total. The van der Waals surface area contributed by atoms with Gasteiger partial charge in [0.25, 0.3) is 0 Å². The van der Waals surface area contributed by atoms with Crippen molar-refractivity contribution in [1.82, 2.24) is 0 Å². The molecule has 80 valence electrons. The van der Waals surface area contributed by atoms with Crippen molar-refractivity contribution in [2.75, 3.05) is 6.61 Å². The largest absolute Gasteiger partial charge is 0.394 e. The van der Waals surface area contributed by atoms with E-state index in [9.17, 15) is 5.11 Å². The van der Waals surface area contributed by atoms with Crippen LogP contribution in [0.3, 0.4) is 0 Å². The van der Waals surface area contributed by atoms with E-state index < -0.39 is 6.10 Å². The lowest BCUT2D eigenvalue weighted by Gasteiger charge is -2.56. The topological polar surface area (TPSA) is 40.5 Å². The zero-order valence-corrected chi connectivity index (χ0v) is 9.03. The van der Waals surface area contributed by atoms with Crippen LogP contribution in [0.4, 0.5) is 0 Å². The molecule has 1 saturated carbocycles. The third-order valence-corrected chi connectivity index (χ3v) is 4.26. The van der Waals surface area contributed by atoms with Crippen LogP contribution in [0, 0.1) is 17.3 Å². The summed E-state index contributed by atoms with van der Waals surface area (Å²) in [6.07, 6.45) is 4.84. The Morgan fingerprint density at radius 1 is 1.57 bits per heavy atom. The van der Waals surface area contributed by atoms with Gasteiger partial charge < -0.3 is 10.2 Å².